The molecule has 3 aromatic carbocycles. The summed E-state index contributed by atoms with van der Waals surface area (Å²) in [4.78, 5) is 37.0. The van der Waals surface area contributed by atoms with Gasteiger partial charge in [-0.3, -0.25) is 9.59 Å². The Labute approximate surface area is 233 Å². The number of benzene rings is 3. The van der Waals surface area contributed by atoms with E-state index in [1.807, 2.05) is 0 Å². The number of anilines is 2. The number of carbonyl (C=O) groups excluding carboxylic acids is 3. The van der Waals surface area contributed by atoms with Crippen molar-refractivity contribution in [3.8, 4) is 5.75 Å². The van der Waals surface area contributed by atoms with Gasteiger partial charge >= 0.3 is 5.97 Å². The highest BCUT2D eigenvalue weighted by Gasteiger charge is 2.22. The molecular weight excluding hydrogens is 602 g/mol. The third-order valence-electron chi connectivity index (χ3n) is 4.90. The molecule has 2 N–H and O–H groups in total. The van der Waals surface area contributed by atoms with Crippen LogP contribution in [0.15, 0.2) is 76.1 Å². The Bertz CT molecular complexity index is 1450. The van der Waals surface area contributed by atoms with E-state index in [0.717, 1.165) is 8.78 Å². The maximum Gasteiger partial charge on any atom is 0.342 e. The molecule has 0 radical (unpaired) electrons. The second kappa shape index (κ2) is 12.9. The van der Waals surface area contributed by atoms with Crippen LogP contribution < -0.4 is 15.4 Å². The predicted molar refractivity (Wildman–Crippen MR) is 146 cm³/mol. The molecule has 0 bridgehead atoms. The highest BCUT2D eigenvalue weighted by molar-refractivity contribution is 9.10. The van der Waals surface area contributed by atoms with Crippen LogP contribution in [-0.4, -0.2) is 57.8 Å². The quantitative estimate of drug-likeness (QED) is 0.324. The minimum Gasteiger partial charge on any atom is -0.483 e. The molecule has 0 unspecified atom stereocenters. The number of carbonyl (C=O) groups is 3. The fourth-order valence-corrected chi connectivity index (χ4v) is 4.67. The summed E-state index contributed by atoms with van der Waals surface area (Å²) in [6.07, 6.45) is 0. The lowest BCUT2D eigenvalue weighted by Gasteiger charge is -2.14. The van der Waals surface area contributed by atoms with Crippen LogP contribution in [0.25, 0.3) is 0 Å². The van der Waals surface area contributed by atoms with Gasteiger partial charge in [-0.15, -0.1) is 0 Å². The fourth-order valence-electron chi connectivity index (χ4n) is 3.02. The Hall–Kier alpha value is -3.45. The molecule has 0 aromatic heterocycles. The van der Waals surface area contributed by atoms with Crippen molar-refractivity contribution in [2.75, 3.05) is 37.9 Å². The van der Waals surface area contributed by atoms with Gasteiger partial charge in [-0.05, 0) is 54.6 Å². The highest BCUT2D eigenvalue weighted by atomic mass is 79.9. The van der Waals surface area contributed by atoms with Gasteiger partial charge in [0.1, 0.15) is 16.2 Å². The molecule has 0 atom stereocenters. The lowest BCUT2D eigenvalue weighted by Crippen LogP contribution is -2.24. The summed E-state index contributed by atoms with van der Waals surface area (Å²) in [7, 11) is -1.14. The summed E-state index contributed by atoms with van der Waals surface area (Å²) in [5, 5.41) is 5.13. The number of esters is 1. The van der Waals surface area contributed by atoms with E-state index >= 15 is 0 Å². The van der Waals surface area contributed by atoms with Crippen LogP contribution >= 0.6 is 27.5 Å². The van der Waals surface area contributed by atoms with Crippen molar-refractivity contribution in [1.29, 1.82) is 0 Å². The average molecular weight is 625 g/mol. The molecule has 0 heterocycles. The number of nitrogens with zero attached hydrogens (tertiary/aromatic N) is 1. The van der Waals surface area contributed by atoms with Gasteiger partial charge in [-0.1, -0.05) is 39.7 Å². The second-order valence-corrected chi connectivity index (χ2v) is 11.3. The van der Waals surface area contributed by atoms with E-state index in [2.05, 4.69) is 26.6 Å². The molecule has 0 spiro atoms. The van der Waals surface area contributed by atoms with Crippen molar-refractivity contribution in [1.82, 2.24) is 4.31 Å². The molecule has 38 heavy (non-hydrogen) atoms. The van der Waals surface area contributed by atoms with Crippen LogP contribution in [0.5, 0.6) is 5.75 Å². The van der Waals surface area contributed by atoms with Crippen molar-refractivity contribution < 1.29 is 32.3 Å². The Morgan fingerprint density at radius 2 is 1.50 bits per heavy atom. The van der Waals surface area contributed by atoms with Crippen LogP contribution in [0.2, 0.25) is 5.02 Å². The second-order valence-electron chi connectivity index (χ2n) is 7.90. The number of hydrogen-bond donors (Lipinski definition) is 2. The summed E-state index contributed by atoms with van der Waals surface area (Å²) >= 11 is 9.33. The number of amides is 2. The molecular formula is C25H23BrClN3O7S. The third-order valence-corrected chi connectivity index (χ3v) is 7.73. The number of para-hydroxylation sites is 1. The van der Waals surface area contributed by atoms with Crippen LogP contribution in [0, 0.1) is 0 Å². The SMILES string of the molecule is CN(C)S(=O)(=O)c1cc(NC(=O)COC(=O)c2ccccc2OCC(=O)Nc2ccc(Br)cc2)ccc1Cl. The predicted octanol–water partition coefficient (Wildman–Crippen LogP) is 4.17. The average Bonchev–Trinajstić information content (AvgIpc) is 2.88. The van der Waals surface area contributed by atoms with E-state index in [-0.39, 0.29) is 33.5 Å². The van der Waals surface area contributed by atoms with Gasteiger partial charge in [-0.2, -0.15) is 0 Å². The Kier molecular flexibility index (Phi) is 9.86. The highest BCUT2D eigenvalue weighted by Crippen LogP contribution is 2.27. The summed E-state index contributed by atoms with van der Waals surface area (Å²) in [5.41, 5.74) is 0.742. The first-order valence-corrected chi connectivity index (χ1v) is 13.5. The lowest BCUT2D eigenvalue weighted by molar-refractivity contribution is -0.119. The van der Waals surface area contributed by atoms with Gasteiger partial charge in [0.2, 0.25) is 10.0 Å². The molecule has 0 aliphatic rings. The molecule has 0 fully saturated rings. The summed E-state index contributed by atoms with van der Waals surface area (Å²) < 4.78 is 37.3. The molecule has 10 nitrogen and oxygen atoms in total. The van der Waals surface area contributed by atoms with Gasteiger partial charge in [-0.25, -0.2) is 17.5 Å². The van der Waals surface area contributed by atoms with Gasteiger partial charge in [0.05, 0.1) is 5.02 Å². The molecule has 0 aliphatic carbocycles. The first kappa shape index (κ1) is 29.1. The standard InChI is InChI=1S/C25H23BrClN3O7S/c1-30(2)38(34,35)22-13-18(11-12-20(22)27)29-24(32)15-37-25(33)19-5-3-4-6-21(19)36-14-23(31)28-17-9-7-16(26)8-10-17/h3-13H,14-15H2,1-2H3,(H,28,31)(H,29,32). The van der Waals surface area contributed by atoms with Crippen molar-refractivity contribution in [2.45, 2.75) is 4.90 Å². The van der Waals surface area contributed by atoms with Gasteiger partial charge in [0.25, 0.3) is 11.8 Å². The maximum atomic E-state index is 12.6. The van der Waals surface area contributed by atoms with E-state index in [0.29, 0.717) is 5.69 Å². The van der Waals surface area contributed by atoms with Crippen molar-refractivity contribution in [3.05, 3.63) is 81.8 Å². The van der Waals surface area contributed by atoms with Crippen LogP contribution in [0.1, 0.15) is 10.4 Å². The fraction of sp³-hybridized carbons (Fsp3) is 0.160. The smallest absolute Gasteiger partial charge is 0.342 e. The Morgan fingerprint density at radius 3 is 2.18 bits per heavy atom. The Balaban J connectivity index is 1.58. The van der Waals surface area contributed by atoms with Gasteiger partial charge in [0.15, 0.2) is 13.2 Å². The Morgan fingerprint density at radius 1 is 0.895 bits per heavy atom. The monoisotopic (exact) mass is 623 g/mol. The zero-order chi connectivity index (χ0) is 27.9. The van der Waals surface area contributed by atoms with Crippen LogP contribution in [0.3, 0.4) is 0 Å². The van der Waals surface area contributed by atoms with Gasteiger partial charge in [0, 0.05) is 29.9 Å². The summed E-state index contributed by atoms with van der Waals surface area (Å²) in [6, 6.07) is 17.0. The minimum absolute atomic E-state index is 0.00902. The normalized spacial score (nSPS) is 11.1. The van der Waals surface area contributed by atoms with Crippen LogP contribution in [-0.2, 0) is 24.3 Å². The maximum absolute atomic E-state index is 12.6. The number of halogens is 2. The first-order chi connectivity index (χ1) is 18.0. The molecule has 2 amide bonds. The molecule has 3 aromatic rings. The van der Waals surface area contributed by atoms with E-state index in [9.17, 15) is 22.8 Å². The number of nitrogens with one attached hydrogen (secondary N) is 2. The van der Waals surface area contributed by atoms with E-state index in [4.69, 9.17) is 21.1 Å². The minimum atomic E-state index is -3.84. The zero-order valence-electron chi connectivity index (χ0n) is 20.2. The number of ether oxygens (including phenoxy) is 2. The molecule has 0 saturated carbocycles. The van der Waals surface area contributed by atoms with E-state index < -0.39 is 34.4 Å². The van der Waals surface area contributed by atoms with Crippen LogP contribution in [0.4, 0.5) is 11.4 Å². The molecule has 3 rings (SSSR count). The molecule has 13 heteroatoms. The molecule has 0 aliphatic heterocycles. The van der Waals surface area contributed by atoms with E-state index in [1.165, 1.54) is 44.4 Å². The number of rotatable bonds is 10. The van der Waals surface area contributed by atoms with Crippen molar-refractivity contribution in [3.63, 3.8) is 0 Å². The largest absolute Gasteiger partial charge is 0.483 e. The zero-order valence-corrected chi connectivity index (χ0v) is 23.4. The number of hydrogen-bond acceptors (Lipinski definition) is 7. The molecule has 0 saturated heterocycles. The first-order valence-electron chi connectivity index (χ1n) is 10.9. The number of sulfonamides is 1. The summed E-state index contributed by atoms with van der Waals surface area (Å²) in [6.45, 7) is -1.02. The van der Waals surface area contributed by atoms with Crippen molar-refractivity contribution in [2.24, 2.45) is 0 Å². The molecule has 200 valence electrons. The van der Waals surface area contributed by atoms with Gasteiger partial charge < -0.3 is 20.1 Å². The topological polar surface area (TPSA) is 131 Å². The van der Waals surface area contributed by atoms with E-state index in [1.54, 1.807) is 36.4 Å². The third kappa shape index (κ3) is 7.78. The van der Waals surface area contributed by atoms with Crippen molar-refractivity contribution >= 4 is 66.7 Å². The summed E-state index contributed by atoms with van der Waals surface area (Å²) in [5.74, 6) is -1.90. The lowest BCUT2D eigenvalue weighted by atomic mass is 10.2.